The van der Waals surface area contributed by atoms with Crippen molar-refractivity contribution in [1.29, 1.82) is 0 Å². The first-order valence-corrected chi connectivity index (χ1v) is 14.8. The number of hydrogen-bond donors (Lipinski definition) is 1. The summed E-state index contributed by atoms with van der Waals surface area (Å²) in [6, 6.07) is 5.28. The number of carbonyl (C=O) groups is 1. The molecule has 1 aromatic carbocycles. The van der Waals surface area contributed by atoms with Crippen molar-refractivity contribution in [3.8, 4) is 0 Å². The second-order valence-electron chi connectivity index (χ2n) is 12.5. The molecule has 0 unspecified atom stereocenters. The minimum Gasteiger partial charge on any atom is -0.323 e. The van der Waals surface area contributed by atoms with Gasteiger partial charge in [-0.05, 0) is 68.6 Å². The quantitative estimate of drug-likeness (QED) is 0.602. The molecule has 3 heterocycles. The predicted molar refractivity (Wildman–Crippen MR) is 130 cm³/mol. The fourth-order valence-electron chi connectivity index (χ4n) is 7.31. The maximum atomic E-state index is 13.0. The highest BCUT2D eigenvalue weighted by molar-refractivity contribution is 7.92. The van der Waals surface area contributed by atoms with Crippen LogP contribution in [0.3, 0.4) is 0 Å². The third-order valence-corrected chi connectivity index (χ3v) is 10.8. The van der Waals surface area contributed by atoms with E-state index in [9.17, 15) is 26.4 Å². The summed E-state index contributed by atoms with van der Waals surface area (Å²) in [5.74, 6) is 3.21. The van der Waals surface area contributed by atoms with Crippen LogP contribution in [0.2, 0.25) is 0 Å². The number of aromatic amines is 1. The van der Waals surface area contributed by atoms with Gasteiger partial charge < -0.3 is 9.80 Å². The number of H-pyrrole nitrogens is 1. The van der Waals surface area contributed by atoms with Crippen molar-refractivity contribution in [2.24, 2.45) is 16.7 Å². The largest absolute Gasteiger partial charge is 0.501 e. The van der Waals surface area contributed by atoms with Crippen LogP contribution >= 0.6 is 0 Å². The van der Waals surface area contributed by atoms with Gasteiger partial charge in [-0.2, -0.15) is 18.3 Å². The van der Waals surface area contributed by atoms with Crippen LogP contribution in [-0.2, 0) is 16.3 Å². The van der Waals surface area contributed by atoms with Crippen molar-refractivity contribution in [3.05, 3.63) is 41.5 Å². The number of nitrogens with zero attached hydrogens (tertiary/aromatic N) is 4. The minimum atomic E-state index is -5.34. The van der Waals surface area contributed by atoms with Gasteiger partial charge in [0.25, 0.3) is 9.84 Å². The molecule has 2 saturated heterocycles. The number of rotatable bonds is 5. The SMILES string of the molecule is O=C(N1CC2(CC(Cc3cccc(S(=O)(=O)C(F)(F)F)c3)C2)C1)N1CC2(CC(c3n[nH]c(C4CC4)n3)C2)C1. The van der Waals surface area contributed by atoms with E-state index in [0.717, 1.165) is 75.6 Å². The van der Waals surface area contributed by atoms with Gasteiger partial charge in [-0.25, -0.2) is 18.2 Å². The zero-order valence-corrected chi connectivity index (χ0v) is 21.7. The van der Waals surface area contributed by atoms with E-state index in [-0.39, 0.29) is 22.8 Å². The maximum Gasteiger partial charge on any atom is 0.501 e. The summed E-state index contributed by atoms with van der Waals surface area (Å²) in [5, 5.41) is 7.51. The fourth-order valence-corrected chi connectivity index (χ4v) is 8.14. The number of likely N-dealkylation sites (tertiary alicyclic amines) is 2. The zero-order valence-electron chi connectivity index (χ0n) is 20.9. The number of alkyl halides is 3. The van der Waals surface area contributed by atoms with Gasteiger partial charge in [-0.3, -0.25) is 5.10 Å². The molecule has 2 spiro atoms. The van der Waals surface area contributed by atoms with Gasteiger partial charge in [-0.15, -0.1) is 0 Å². The van der Waals surface area contributed by atoms with Crippen LogP contribution in [0.15, 0.2) is 29.2 Å². The van der Waals surface area contributed by atoms with Gasteiger partial charge in [-0.1, -0.05) is 12.1 Å². The number of amides is 2. The van der Waals surface area contributed by atoms with Crippen molar-refractivity contribution >= 4 is 15.9 Å². The molecule has 38 heavy (non-hydrogen) atoms. The lowest BCUT2D eigenvalue weighted by molar-refractivity contribution is -0.100. The molecule has 0 atom stereocenters. The van der Waals surface area contributed by atoms with Crippen LogP contribution in [0.5, 0.6) is 0 Å². The average Bonchev–Trinajstić information content (AvgIpc) is 3.49. The van der Waals surface area contributed by atoms with Gasteiger partial charge in [0.2, 0.25) is 0 Å². The lowest BCUT2D eigenvalue weighted by Crippen LogP contribution is -2.70. The van der Waals surface area contributed by atoms with E-state index < -0.39 is 20.2 Å². The molecule has 2 aromatic rings. The number of sulfone groups is 1. The van der Waals surface area contributed by atoms with Crippen molar-refractivity contribution in [2.45, 2.75) is 67.2 Å². The normalized spacial score (nSPS) is 24.6. The highest BCUT2D eigenvalue weighted by Crippen LogP contribution is 2.57. The Labute approximate surface area is 218 Å². The molecule has 3 saturated carbocycles. The molecular formula is C26H30F3N5O3S. The molecule has 5 fully saturated rings. The molecule has 5 aliphatic rings. The van der Waals surface area contributed by atoms with Crippen molar-refractivity contribution in [1.82, 2.24) is 25.0 Å². The monoisotopic (exact) mass is 549 g/mol. The molecule has 1 N–H and O–H groups in total. The number of aromatic nitrogens is 3. The Morgan fingerprint density at radius 3 is 2.24 bits per heavy atom. The Kier molecular flexibility index (Phi) is 5.11. The van der Waals surface area contributed by atoms with E-state index in [0.29, 0.717) is 23.8 Å². The van der Waals surface area contributed by atoms with Crippen molar-refractivity contribution < 1.29 is 26.4 Å². The number of nitrogens with one attached hydrogen (secondary N) is 1. The van der Waals surface area contributed by atoms with Crippen LogP contribution in [0.4, 0.5) is 18.0 Å². The van der Waals surface area contributed by atoms with Gasteiger partial charge in [0.05, 0.1) is 4.90 Å². The highest BCUT2D eigenvalue weighted by Gasteiger charge is 2.58. The Balaban J connectivity index is 0.858. The van der Waals surface area contributed by atoms with E-state index >= 15 is 0 Å². The van der Waals surface area contributed by atoms with Crippen LogP contribution in [-0.4, -0.2) is 71.1 Å². The van der Waals surface area contributed by atoms with Crippen LogP contribution < -0.4 is 0 Å². The summed E-state index contributed by atoms with van der Waals surface area (Å²) in [6.45, 7) is 3.03. The summed E-state index contributed by atoms with van der Waals surface area (Å²) < 4.78 is 62.1. The minimum absolute atomic E-state index is 0.102. The Morgan fingerprint density at radius 2 is 1.63 bits per heavy atom. The molecule has 2 aliphatic heterocycles. The summed E-state index contributed by atoms with van der Waals surface area (Å²) in [6.07, 6.45) is 6.82. The van der Waals surface area contributed by atoms with E-state index in [1.165, 1.54) is 18.9 Å². The van der Waals surface area contributed by atoms with Gasteiger partial charge in [0.15, 0.2) is 5.82 Å². The van der Waals surface area contributed by atoms with E-state index in [1.54, 1.807) is 6.07 Å². The summed E-state index contributed by atoms with van der Waals surface area (Å²) in [5.41, 5.74) is -4.38. The number of urea groups is 1. The Hall–Kier alpha value is -2.63. The second-order valence-corrected chi connectivity index (χ2v) is 14.5. The molecular weight excluding hydrogens is 519 g/mol. The summed E-state index contributed by atoms with van der Waals surface area (Å²) in [7, 11) is -5.34. The van der Waals surface area contributed by atoms with Gasteiger partial charge in [0.1, 0.15) is 5.82 Å². The third-order valence-electron chi connectivity index (χ3n) is 9.34. The number of halogens is 3. The number of hydrogen-bond acceptors (Lipinski definition) is 5. The molecule has 12 heteroatoms. The number of benzene rings is 1. The summed E-state index contributed by atoms with van der Waals surface area (Å²) in [4.78, 5) is 20.8. The average molecular weight is 550 g/mol. The lowest BCUT2D eigenvalue weighted by atomic mass is 9.56. The van der Waals surface area contributed by atoms with Gasteiger partial charge in [0, 0.05) is 48.8 Å². The molecule has 204 valence electrons. The maximum absolute atomic E-state index is 13.0. The molecule has 0 radical (unpaired) electrons. The van der Waals surface area contributed by atoms with Crippen LogP contribution in [0, 0.1) is 16.7 Å². The smallest absolute Gasteiger partial charge is 0.323 e. The van der Waals surface area contributed by atoms with E-state index in [1.807, 2.05) is 9.80 Å². The van der Waals surface area contributed by atoms with Crippen LogP contribution in [0.25, 0.3) is 0 Å². The first-order valence-electron chi connectivity index (χ1n) is 13.3. The topological polar surface area (TPSA) is 99.3 Å². The Bertz CT molecular complexity index is 1370. The molecule has 1 aromatic heterocycles. The van der Waals surface area contributed by atoms with Crippen LogP contribution in [0.1, 0.15) is 67.6 Å². The van der Waals surface area contributed by atoms with Crippen molar-refractivity contribution in [2.75, 3.05) is 26.2 Å². The molecule has 8 nitrogen and oxygen atoms in total. The second kappa shape index (κ2) is 7.95. The highest BCUT2D eigenvalue weighted by atomic mass is 32.2. The predicted octanol–water partition coefficient (Wildman–Crippen LogP) is 4.23. The first-order chi connectivity index (χ1) is 17.9. The van der Waals surface area contributed by atoms with Crippen molar-refractivity contribution in [3.63, 3.8) is 0 Å². The molecule has 3 aliphatic carbocycles. The molecule has 0 bridgehead atoms. The molecule has 2 amide bonds. The first kappa shape index (κ1) is 24.4. The third kappa shape index (κ3) is 3.93. The lowest BCUT2D eigenvalue weighted by Gasteiger charge is -2.63. The van der Waals surface area contributed by atoms with Gasteiger partial charge >= 0.3 is 11.5 Å². The fraction of sp³-hybridized carbons (Fsp3) is 0.654. The van der Waals surface area contributed by atoms with E-state index in [2.05, 4.69) is 15.2 Å². The summed E-state index contributed by atoms with van der Waals surface area (Å²) >= 11 is 0. The molecule has 7 rings (SSSR count). The number of carbonyl (C=O) groups excluding carboxylic acids is 1. The standard InChI is InChI=1S/C26H30F3N5O3S/c27-26(28,29)38(36,37)20-3-1-2-16(7-20)6-17-8-24(9-17)12-33(13-24)23(35)34-14-25(15-34)10-19(11-25)22-30-21(31-32-22)18-4-5-18/h1-3,7,17-19H,4-6,8-15H2,(H,30,31,32). The Morgan fingerprint density at radius 1 is 1.00 bits per heavy atom. The zero-order chi connectivity index (χ0) is 26.5. The van der Waals surface area contributed by atoms with E-state index in [4.69, 9.17) is 0 Å².